The zero-order valence-electron chi connectivity index (χ0n) is 20.4. The number of nitrogens with zero attached hydrogens (tertiary/aromatic N) is 1. The van der Waals surface area contributed by atoms with E-state index >= 15 is 0 Å². The van der Waals surface area contributed by atoms with Crippen molar-refractivity contribution in [3.8, 4) is 17.0 Å². The van der Waals surface area contributed by atoms with E-state index in [-0.39, 0.29) is 18.1 Å². The number of carbonyl (C=O) groups excluding carboxylic acids is 2. The largest absolute Gasteiger partial charge is 0.491 e. The Labute approximate surface area is 218 Å². The van der Waals surface area contributed by atoms with Crippen molar-refractivity contribution in [2.24, 2.45) is 0 Å². The number of carboxylic acid groups (broad SMARTS) is 1. The molecule has 3 N–H and O–H groups in total. The molecule has 0 radical (unpaired) electrons. The SMILES string of the molecule is CC(OC(=O)Nc1ocnc1-c1ccc(C(=O)NC(COc2ccccc2)C(=O)O)cc1)c1ccccc1. The minimum atomic E-state index is -1.25. The fourth-order valence-electron chi connectivity index (χ4n) is 3.51. The molecule has 3 aromatic carbocycles. The number of amides is 2. The van der Waals surface area contributed by atoms with Crippen molar-refractivity contribution < 1.29 is 33.4 Å². The van der Waals surface area contributed by atoms with Crippen LogP contribution in [-0.2, 0) is 9.53 Å². The number of carboxylic acids is 1. The summed E-state index contributed by atoms with van der Waals surface area (Å²) >= 11 is 0. The van der Waals surface area contributed by atoms with Gasteiger partial charge in [-0.1, -0.05) is 60.7 Å². The molecule has 4 aromatic rings. The normalized spacial score (nSPS) is 12.1. The van der Waals surface area contributed by atoms with E-state index in [1.54, 1.807) is 43.3 Å². The van der Waals surface area contributed by atoms with Gasteiger partial charge in [-0.2, -0.15) is 0 Å². The molecular weight excluding hydrogens is 490 g/mol. The molecule has 0 saturated carbocycles. The van der Waals surface area contributed by atoms with Gasteiger partial charge in [-0.15, -0.1) is 0 Å². The molecule has 1 aromatic heterocycles. The lowest BCUT2D eigenvalue weighted by Crippen LogP contribution is -2.44. The first-order valence-corrected chi connectivity index (χ1v) is 11.7. The lowest BCUT2D eigenvalue weighted by Gasteiger charge is -2.15. The van der Waals surface area contributed by atoms with Gasteiger partial charge in [0.05, 0.1) is 0 Å². The van der Waals surface area contributed by atoms with Crippen LogP contribution in [-0.4, -0.2) is 40.7 Å². The number of anilines is 1. The molecule has 2 atom stereocenters. The standard InChI is InChI=1S/C28H25N3O7/c1-18(19-8-4-2-5-9-19)38-28(35)31-26-24(29-17-37-26)20-12-14-21(15-13-20)25(32)30-23(27(33)34)16-36-22-10-6-3-7-11-22/h2-15,17-18,23H,16H2,1H3,(H,30,32)(H,31,35)(H,33,34). The Morgan fingerprint density at radius 1 is 0.947 bits per heavy atom. The van der Waals surface area contributed by atoms with Crippen LogP contribution < -0.4 is 15.4 Å². The van der Waals surface area contributed by atoms with Gasteiger partial charge in [0.25, 0.3) is 5.91 Å². The van der Waals surface area contributed by atoms with Gasteiger partial charge in [0.2, 0.25) is 5.88 Å². The number of rotatable bonds is 10. The van der Waals surface area contributed by atoms with Gasteiger partial charge in [0, 0.05) is 11.1 Å². The van der Waals surface area contributed by atoms with Crippen molar-refractivity contribution in [3.63, 3.8) is 0 Å². The van der Waals surface area contributed by atoms with Crippen molar-refractivity contribution >= 4 is 23.9 Å². The average Bonchev–Trinajstić information content (AvgIpc) is 3.39. The second-order valence-corrected chi connectivity index (χ2v) is 8.18. The van der Waals surface area contributed by atoms with Crippen LogP contribution >= 0.6 is 0 Å². The Morgan fingerprint density at radius 3 is 2.26 bits per heavy atom. The van der Waals surface area contributed by atoms with E-state index in [2.05, 4.69) is 15.6 Å². The number of oxazole rings is 1. The van der Waals surface area contributed by atoms with Crippen LogP contribution in [0.3, 0.4) is 0 Å². The van der Waals surface area contributed by atoms with Crippen molar-refractivity contribution in [2.75, 3.05) is 11.9 Å². The summed E-state index contributed by atoms with van der Waals surface area (Å²) in [5.74, 6) is -1.24. The summed E-state index contributed by atoms with van der Waals surface area (Å²) in [5, 5.41) is 14.5. The minimum absolute atomic E-state index is 0.0801. The number of benzene rings is 3. The molecule has 0 fully saturated rings. The fraction of sp³-hybridized carbons (Fsp3) is 0.143. The van der Waals surface area contributed by atoms with Crippen LogP contribution in [0, 0.1) is 0 Å². The van der Waals surface area contributed by atoms with Crippen LogP contribution in [0.2, 0.25) is 0 Å². The summed E-state index contributed by atoms with van der Waals surface area (Å²) in [5.41, 5.74) is 1.96. The highest BCUT2D eigenvalue weighted by Crippen LogP contribution is 2.27. The highest BCUT2D eigenvalue weighted by molar-refractivity contribution is 5.97. The maximum absolute atomic E-state index is 12.7. The number of aliphatic carboxylic acids is 1. The molecule has 10 nitrogen and oxygen atoms in total. The monoisotopic (exact) mass is 515 g/mol. The van der Waals surface area contributed by atoms with Gasteiger partial charge in [-0.3, -0.25) is 10.1 Å². The predicted molar refractivity (Wildman–Crippen MR) is 138 cm³/mol. The molecule has 0 saturated heterocycles. The number of nitrogens with one attached hydrogen (secondary N) is 2. The summed E-state index contributed by atoms with van der Waals surface area (Å²) in [6.45, 7) is 1.51. The molecule has 0 spiro atoms. The number of para-hydroxylation sites is 1. The Kier molecular flexibility index (Phi) is 8.35. The van der Waals surface area contributed by atoms with Crippen LogP contribution in [0.15, 0.2) is 95.7 Å². The summed E-state index contributed by atoms with van der Waals surface area (Å²) < 4.78 is 16.2. The van der Waals surface area contributed by atoms with E-state index in [0.717, 1.165) is 5.56 Å². The molecular formula is C28H25N3O7. The van der Waals surface area contributed by atoms with Crippen LogP contribution in [0.1, 0.15) is 28.9 Å². The van der Waals surface area contributed by atoms with Crippen molar-refractivity contribution in [3.05, 3.63) is 102 Å². The van der Waals surface area contributed by atoms with Gasteiger partial charge < -0.3 is 24.3 Å². The van der Waals surface area contributed by atoms with Crippen LogP contribution in [0.5, 0.6) is 5.75 Å². The Hall–Kier alpha value is -5.12. The zero-order valence-corrected chi connectivity index (χ0v) is 20.4. The van der Waals surface area contributed by atoms with E-state index in [0.29, 0.717) is 17.0 Å². The number of hydrogen-bond donors (Lipinski definition) is 3. The molecule has 1 heterocycles. The van der Waals surface area contributed by atoms with E-state index in [4.69, 9.17) is 13.9 Å². The highest BCUT2D eigenvalue weighted by Gasteiger charge is 2.22. The summed E-state index contributed by atoms with van der Waals surface area (Å²) in [4.78, 5) is 40.8. The van der Waals surface area contributed by atoms with Gasteiger partial charge in [0.15, 0.2) is 12.4 Å². The number of aromatic nitrogens is 1. The molecule has 10 heteroatoms. The third-order valence-corrected chi connectivity index (χ3v) is 5.52. The number of hydrogen-bond acceptors (Lipinski definition) is 7. The van der Waals surface area contributed by atoms with E-state index < -0.39 is 30.1 Å². The maximum Gasteiger partial charge on any atom is 0.414 e. The summed E-state index contributed by atoms with van der Waals surface area (Å²) in [7, 11) is 0. The van der Waals surface area contributed by atoms with Crippen molar-refractivity contribution in [1.29, 1.82) is 0 Å². The first-order valence-electron chi connectivity index (χ1n) is 11.7. The third kappa shape index (κ3) is 6.76. The lowest BCUT2D eigenvalue weighted by atomic mass is 10.1. The quantitative estimate of drug-likeness (QED) is 0.271. The molecule has 2 unspecified atom stereocenters. The number of ether oxygens (including phenoxy) is 2. The molecule has 0 aliphatic heterocycles. The second kappa shape index (κ2) is 12.2. The van der Waals surface area contributed by atoms with E-state index in [1.165, 1.54) is 18.5 Å². The Morgan fingerprint density at radius 2 is 1.61 bits per heavy atom. The molecule has 194 valence electrons. The van der Waals surface area contributed by atoms with Crippen molar-refractivity contribution in [2.45, 2.75) is 19.1 Å². The number of carbonyl (C=O) groups is 3. The maximum atomic E-state index is 12.7. The molecule has 4 rings (SSSR count). The topological polar surface area (TPSA) is 140 Å². The average molecular weight is 516 g/mol. The first-order chi connectivity index (χ1) is 18.4. The Bertz CT molecular complexity index is 1370. The minimum Gasteiger partial charge on any atom is -0.491 e. The zero-order chi connectivity index (χ0) is 26.9. The molecule has 0 aliphatic carbocycles. The van der Waals surface area contributed by atoms with Crippen molar-refractivity contribution in [1.82, 2.24) is 10.3 Å². The fourth-order valence-corrected chi connectivity index (χ4v) is 3.51. The predicted octanol–water partition coefficient (Wildman–Crippen LogP) is 4.91. The van der Waals surface area contributed by atoms with Crippen LogP contribution in [0.4, 0.5) is 10.7 Å². The smallest absolute Gasteiger partial charge is 0.414 e. The van der Waals surface area contributed by atoms with Gasteiger partial charge >= 0.3 is 12.1 Å². The summed E-state index contributed by atoms with van der Waals surface area (Å²) in [6, 6.07) is 23.0. The van der Waals surface area contributed by atoms with E-state index in [1.807, 2.05) is 36.4 Å². The first kappa shape index (κ1) is 26.0. The highest BCUT2D eigenvalue weighted by atomic mass is 16.6. The van der Waals surface area contributed by atoms with Gasteiger partial charge in [0.1, 0.15) is 24.2 Å². The van der Waals surface area contributed by atoms with Gasteiger partial charge in [-0.05, 0) is 36.8 Å². The molecule has 0 aliphatic rings. The third-order valence-electron chi connectivity index (χ3n) is 5.52. The molecule has 38 heavy (non-hydrogen) atoms. The summed E-state index contributed by atoms with van der Waals surface area (Å²) in [6.07, 6.45) is -0.0167. The molecule has 2 amide bonds. The van der Waals surface area contributed by atoms with Crippen LogP contribution in [0.25, 0.3) is 11.3 Å². The van der Waals surface area contributed by atoms with E-state index in [9.17, 15) is 19.5 Å². The lowest BCUT2D eigenvalue weighted by molar-refractivity contribution is -0.140. The second-order valence-electron chi connectivity index (χ2n) is 8.18. The van der Waals surface area contributed by atoms with Gasteiger partial charge in [-0.25, -0.2) is 14.6 Å². The Balaban J connectivity index is 1.37. The molecule has 0 bridgehead atoms.